The van der Waals surface area contributed by atoms with Crippen LogP contribution < -0.4 is 5.32 Å². The average molecular weight is 552 g/mol. The molecule has 0 bridgehead atoms. The van der Waals surface area contributed by atoms with E-state index in [1.54, 1.807) is 23.2 Å². The molecule has 0 spiro atoms. The van der Waals surface area contributed by atoms with E-state index in [4.69, 9.17) is 9.47 Å². The van der Waals surface area contributed by atoms with Crippen LogP contribution in [0.1, 0.15) is 54.6 Å². The molecule has 1 aliphatic carbocycles. The summed E-state index contributed by atoms with van der Waals surface area (Å²) in [6.45, 7) is 6.57. The molecular weight excluding hydrogens is 518 g/mol. The molecule has 210 valence electrons. The molecule has 4 aromatic rings. The SMILES string of the molecule is CC(C)(C)OC(=O)n1ccc2ccc(C(=O)N3CCC(NC(=O)OCC4c5ccccc5-c5ccccc54)C3)cc21. The zero-order valence-corrected chi connectivity index (χ0v) is 23.4. The number of carbonyl (C=O) groups is 3. The smallest absolute Gasteiger partial charge is 0.418 e. The van der Waals surface area contributed by atoms with Crippen molar-refractivity contribution in [1.82, 2.24) is 14.8 Å². The van der Waals surface area contributed by atoms with Crippen LogP contribution in [0.15, 0.2) is 79.0 Å². The first-order valence-electron chi connectivity index (χ1n) is 13.9. The number of ether oxygens (including phenoxy) is 2. The summed E-state index contributed by atoms with van der Waals surface area (Å²) in [5.74, 6) is -0.162. The molecule has 1 saturated heterocycles. The van der Waals surface area contributed by atoms with Crippen molar-refractivity contribution in [3.05, 3.63) is 95.7 Å². The van der Waals surface area contributed by atoms with Gasteiger partial charge in [-0.3, -0.25) is 9.36 Å². The highest BCUT2D eigenvalue weighted by Gasteiger charge is 2.31. The minimum atomic E-state index is -0.633. The van der Waals surface area contributed by atoms with Crippen LogP contribution in [0.3, 0.4) is 0 Å². The Morgan fingerprint density at radius 1 is 0.927 bits per heavy atom. The van der Waals surface area contributed by atoms with Gasteiger partial charge in [0.25, 0.3) is 5.91 Å². The molecule has 8 nitrogen and oxygen atoms in total. The fourth-order valence-corrected chi connectivity index (χ4v) is 5.78. The van der Waals surface area contributed by atoms with Gasteiger partial charge in [0.05, 0.1) is 11.6 Å². The fraction of sp³-hybridized carbons (Fsp3) is 0.303. The molecule has 2 amide bonds. The van der Waals surface area contributed by atoms with Gasteiger partial charge in [-0.05, 0) is 67.6 Å². The molecule has 6 rings (SSSR count). The Bertz CT molecular complexity index is 1600. The van der Waals surface area contributed by atoms with Crippen molar-refractivity contribution in [2.45, 2.75) is 44.8 Å². The topological polar surface area (TPSA) is 89.9 Å². The number of alkyl carbamates (subject to hydrolysis) is 1. The van der Waals surface area contributed by atoms with Gasteiger partial charge in [0.2, 0.25) is 0 Å². The zero-order chi connectivity index (χ0) is 28.7. The quantitative estimate of drug-likeness (QED) is 0.327. The van der Waals surface area contributed by atoms with Gasteiger partial charge in [0.15, 0.2) is 0 Å². The number of amides is 2. The van der Waals surface area contributed by atoms with Crippen LogP contribution in [0.4, 0.5) is 9.59 Å². The molecule has 0 saturated carbocycles. The number of rotatable bonds is 4. The normalized spacial score (nSPS) is 16.4. The minimum Gasteiger partial charge on any atom is -0.449 e. The van der Waals surface area contributed by atoms with Gasteiger partial charge in [-0.25, -0.2) is 9.59 Å². The van der Waals surface area contributed by atoms with Crippen LogP contribution in [-0.2, 0) is 9.47 Å². The second kappa shape index (κ2) is 10.4. The number of likely N-dealkylation sites (tertiary alicyclic amines) is 1. The standard InChI is InChI=1S/C33H33N3O5/c1-33(2,3)41-32(39)36-17-14-21-12-13-22(18-29(21)36)30(37)35-16-15-23(19-35)34-31(38)40-20-28-26-10-6-4-8-24(26)25-9-5-7-11-27(25)28/h4-14,17-18,23,28H,15-16,19-20H2,1-3H3,(H,34,38). The van der Waals surface area contributed by atoms with Crippen molar-refractivity contribution < 1.29 is 23.9 Å². The lowest BCUT2D eigenvalue weighted by atomic mass is 9.98. The first kappa shape index (κ1) is 26.6. The van der Waals surface area contributed by atoms with Crippen LogP contribution in [0.2, 0.25) is 0 Å². The number of nitrogens with zero attached hydrogens (tertiary/aromatic N) is 2. The Labute approximate surface area is 238 Å². The van der Waals surface area contributed by atoms with E-state index in [9.17, 15) is 14.4 Å². The number of nitrogens with one attached hydrogen (secondary N) is 1. The van der Waals surface area contributed by atoms with Gasteiger partial charge in [-0.15, -0.1) is 0 Å². The van der Waals surface area contributed by atoms with E-state index < -0.39 is 17.8 Å². The molecule has 1 N–H and O–H groups in total. The maximum atomic E-state index is 13.3. The summed E-state index contributed by atoms with van der Waals surface area (Å²) in [6.07, 6.45) is 1.30. The van der Waals surface area contributed by atoms with Gasteiger partial charge in [-0.1, -0.05) is 54.6 Å². The third-order valence-corrected chi connectivity index (χ3v) is 7.67. The molecule has 8 heteroatoms. The van der Waals surface area contributed by atoms with Gasteiger partial charge >= 0.3 is 12.2 Å². The van der Waals surface area contributed by atoms with Gasteiger partial charge < -0.3 is 19.7 Å². The lowest BCUT2D eigenvalue weighted by Crippen LogP contribution is -2.39. The Balaban J connectivity index is 1.07. The number of fused-ring (bicyclic) bond motifs is 4. The third-order valence-electron chi connectivity index (χ3n) is 7.67. The third kappa shape index (κ3) is 5.29. The molecule has 1 aliphatic heterocycles. The maximum Gasteiger partial charge on any atom is 0.418 e. The molecule has 1 aromatic heterocycles. The molecule has 2 aliphatic rings. The van der Waals surface area contributed by atoms with Crippen molar-refractivity contribution in [3.63, 3.8) is 0 Å². The Hall–Kier alpha value is -4.59. The van der Waals surface area contributed by atoms with E-state index in [-0.39, 0.29) is 24.5 Å². The molecule has 0 radical (unpaired) electrons. The Morgan fingerprint density at radius 3 is 2.29 bits per heavy atom. The van der Waals surface area contributed by atoms with Crippen LogP contribution in [-0.4, -0.2) is 58.9 Å². The summed E-state index contributed by atoms with van der Waals surface area (Å²) >= 11 is 0. The summed E-state index contributed by atoms with van der Waals surface area (Å²) in [6, 6.07) is 23.4. The average Bonchev–Trinajstić information content (AvgIpc) is 3.66. The first-order valence-corrected chi connectivity index (χ1v) is 13.9. The summed E-state index contributed by atoms with van der Waals surface area (Å²) in [5.41, 5.74) is 5.13. The number of benzene rings is 3. The van der Waals surface area contributed by atoms with E-state index >= 15 is 0 Å². The van der Waals surface area contributed by atoms with E-state index in [1.165, 1.54) is 15.7 Å². The van der Waals surface area contributed by atoms with E-state index in [0.29, 0.717) is 30.6 Å². The van der Waals surface area contributed by atoms with Crippen molar-refractivity contribution in [2.24, 2.45) is 0 Å². The Morgan fingerprint density at radius 2 is 1.61 bits per heavy atom. The molecule has 41 heavy (non-hydrogen) atoms. The molecular formula is C33H33N3O5. The summed E-state index contributed by atoms with van der Waals surface area (Å²) in [4.78, 5) is 40.5. The van der Waals surface area contributed by atoms with E-state index in [2.05, 4.69) is 29.6 Å². The molecule has 1 unspecified atom stereocenters. The second-order valence-corrected chi connectivity index (χ2v) is 11.6. The van der Waals surface area contributed by atoms with E-state index in [1.807, 2.05) is 57.2 Å². The van der Waals surface area contributed by atoms with Crippen molar-refractivity contribution >= 4 is 29.0 Å². The highest BCUT2D eigenvalue weighted by molar-refractivity contribution is 6.00. The monoisotopic (exact) mass is 551 g/mol. The number of hydrogen-bond donors (Lipinski definition) is 1. The fourth-order valence-electron chi connectivity index (χ4n) is 5.78. The van der Waals surface area contributed by atoms with Crippen LogP contribution in [0.25, 0.3) is 22.0 Å². The lowest BCUT2D eigenvalue weighted by molar-refractivity contribution is 0.0544. The summed E-state index contributed by atoms with van der Waals surface area (Å²) in [5, 5.41) is 3.77. The molecule has 2 heterocycles. The van der Waals surface area contributed by atoms with E-state index in [0.717, 1.165) is 16.5 Å². The predicted octanol–water partition coefficient (Wildman–Crippen LogP) is 6.18. The van der Waals surface area contributed by atoms with Gasteiger partial charge in [0, 0.05) is 36.2 Å². The molecule has 1 fully saturated rings. The van der Waals surface area contributed by atoms with Crippen molar-refractivity contribution in [3.8, 4) is 11.1 Å². The molecule has 3 aromatic carbocycles. The lowest BCUT2D eigenvalue weighted by Gasteiger charge is -2.20. The first-order chi connectivity index (χ1) is 19.7. The zero-order valence-electron chi connectivity index (χ0n) is 23.4. The minimum absolute atomic E-state index is 0.00986. The highest BCUT2D eigenvalue weighted by Crippen LogP contribution is 2.44. The number of aromatic nitrogens is 1. The summed E-state index contributed by atoms with van der Waals surface area (Å²) < 4.78 is 12.6. The molecule has 1 atom stereocenters. The summed E-state index contributed by atoms with van der Waals surface area (Å²) in [7, 11) is 0. The number of hydrogen-bond acceptors (Lipinski definition) is 5. The predicted molar refractivity (Wildman–Crippen MR) is 156 cm³/mol. The van der Waals surface area contributed by atoms with Gasteiger partial charge in [0.1, 0.15) is 12.2 Å². The van der Waals surface area contributed by atoms with Crippen molar-refractivity contribution in [1.29, 1.82) is 0 Å². The van der Waals surface area contributed by atoms with Crippen LogP contribution in [0.5, 0.6) is 0 Å². The number of carbonyl (C=O) groups excluding carboxylic acids is 3. The largest absolute Gasteiger partial charge is 0.449 e. The van der Waals surface area contributed by atoms with Crippen molar-refractivity contribution in [2.75, 3.05) is 19.7 Å². The Kier molecular flexibility index (Phi) is 6.77. The van der Waals surface area contributed by atoms with Crippen LogP contribution >= 0.6 is 0 Å². The van der Waals surface area contributed by atoms with Gasteiger partial charge in [-0.2, -0.15) is 0 Å². The highest BCUT2D eigenvalue weighted by atomic mass is 16.6. The van der Waals surface area contributed by atoms with Crippen LogP contribution in [0, 0.1) is 0 Å². The maximum absolute atomic E-state index is 13.3. The second-order valence-electron chi connectivity index (χ2n) is 11.6.